The highest BCUT2D eigenvalue weighted by molar-refractivity contribution is 7.80. The zero-order chi connectivity index (χ0) is 10.7. The largest absolute Gasteiger partial charge is 0.350 e. The summed E-state index contributed by atoms with van der Waals surface area (Å²) in [7, 11) is 0. The molecule has 0 aliphatic carbocycles. The molecule has 78 valence electrons. The van der Waals surface area contributed by atoms with E-state index in [1.54, 1.807) is 0 Å². The summed E-state index contributed by atoms with van der Waals surface area (Å²) in [5, 5.41) is 2.93. The van der Waals surface area contributed by atoms with E-state index in [-0.39, 0.29) is 11.4 Å². The van der Waals surface area contributed by atoms with Crippen LogP contribution in [-0.4, -0.2) is 23.0 Å². The summed E-state index contributed by atoms with van der Waals surface area (Å²) in [6, 6.07) is 0. The first-order chi connectivity index (χ1) is 5.75. The molecule has 0 aromatic heterocycles. The SMILES string of the molecule is CC(C)(CS)NC(=O)C(C)(C)CS. The Bertz CT molecular complexity index is 190. The number of amides is 1. The van der Waals surface area contributed by atoms with Gasteiger partial charge in [0.25, 0.3) is 0 Å². The quantitative estimate of drug-likeness (QED) is 0.621. The van der Waals surface area contributed by atoms with Crippen molar-refractivity contribution >= 4 is 31.2 Å². The molecule has 0 rings (SSSR count). The van der Waals surface area contributed by atoms with Crippen LogP contribution in [0.3, 0.4) is 0 Å². The first-order valence-electron chi connectivity index (χ1n) is 4.29. The van der Waals surface area contributed by atoms with Gasteiger partial charge in [0.15, 0.2) is 0 Å². The topological polar surface area (TPSA) is 29.1 Å². The number of hydrogen-bond donors (Lipinski definition) is 3. The second-order valence-electron chi connectivity index (χ2n) is 4.54. The molecular weight excluding hydrogens is 202 g/mol. The van der Waals surface area contributed by atoms with E-state index >= 15 is 0 Å². The van der Waals surface area contributed by atoms with Crippen molar-refractivity contribution in [1.29, 1.82) is 0 Å². The van der Waals surface area contributed by atoms with Crippen LogP contribution >= 0.6 is 25.3 Å². The van der Waals surface area contributed by atoms with Crippen LogP contribution in [0, 0.1) is 5.41 Å². The third kappa shape index (κ3) is 4.27. The fourth-order valence-corrected chi connectivity index (χ4v) is 0.811. The number of carbonyl (C=O) groups is 1. The van der Waals surface area contributed by atoms with E-state index in [2.05, 4.69) is 30.6 Å². The molecule has 0 aromatic carbocycles. The van der Waals surface area contributed by atoms with E-state index in [9.17, 15) is 4.79 Å². The van der Waals surface area contributed by atoms with E-state index in [0.717, 1.165) is 0 Å². The summed E-state index contributed by atoms with van der Waals surface area (Å²) in [5.41, 5.74) is -0.663. The first-order valence-corrected chi connectivity index (χ1v) is 5.56. The smallest absolute Gasteiger partial charge is 0.226 e. The molecule has 0 fully saturated rings. The summed E-state index contributed by atoms with van der Waals surface area (Å²) < 4.78 is 0. The maximum atomic E-state index is 11.7. The summed E-state index contributed by atoms with van der Waals surface area (Å²) in [6.07, 6.45) is 0. The number of rotatable bonds is 4. The fraction of sp³-hybridized carbons (Fsp3) is 0.889. The van der Waals surface area contributed by atoms with Crippen molar-refractivity contribution in [2.24, 2.45) is 5.41 Å². The molecule has 0 aromatic rings. The van der Waals surface area contributed by atoms with E-state index in [4.69, 9.17) is 0 Å². The van der Waals surface area contributed by atoms with Crippen molar-refractivity contribution in [3.63, 3.8) is 0 Å². The van der Waals surface area contributed by atoms with Crippen LogP contribution in [0.1, 0.15) is 27.7 Å². The molecule has 0 unspecified atom stereocenters. The minimum Gasteiger partial charge on any atom is -0.350 e. The monoisotopic (exact) mass is 221 g/mol. The average Bonchev–Trinajstić information content (AvgIpc) is 2.04. The maximum absolute atomic E-state index is 11.7. The van der Waals surface area contributed by atoms with Crippen LogP contribution in [0.2, 0.25) is 0 Å². The van der Waals surface area contributed by atoms with Crippen molar-refractivity contribution in [1.82, 2.24) is 5.32 Å². The molecule has 2 nitrogen and oxygen atoms in total. The Hall–Kier alpha value is 0.170. The lowest BCUT2D eigenvalue weighted by atomic mass is 9.93. The van der Waals surface area contributed by atoms with Gasteiger partial charge in [-0.3, -0.25) is 4.79 Å². The van der Waals surface area contributed by atoms with E-state index in [1.165, 1.54) is 0 Å². The zero-order valence-corrected chi connectivity index (χ0v) is 10.5. The van der Waals surface area contributed by atoms with Gasteiger partial charge in [-0.1, -0.05) is 13.8 Å². The molecule has 0 bridgehead atoms. The van der Waals surface area contributed by atoms with E-state index in [0.29, 0.717) is 11.5 Å². The van der Waals surface area contributed by atoms with Crippen LogP contribution in [0.25, 0.3) is 0 Å². The molecule has 0 spiro atoms. The van der Waals surface area contributed by atoms with Gasteiger partial charge in [-0.15, -0.1) is 0 Å². The van der Waals surface area contributed by atoms with Crippen LogP contribution < -0.4 is 5.32 Å². The molecule has 13 heavy (non-hydrogen) atoms. The molecule has 0 heterocycles. The molecular formula is C9H19NOS2. The fourth-order valence-electron chi connectivity index (χ4n) is 0.588. The highest BCUT2D eigenvalue weighted by atomic mass is 32.1. The highest BCUT2D eigenvalue weighted by Gasteiger charge is 2.29. The van der Waals surface area contributed by atoms with Crippen molar-refractivity contribution in [2.75, 3.05) is 11.5 Å². The molecule has 0 atom stereocenters. The standard InChI is InChI=1S/C9H19NOS2/c1-8(2,5-12)7(11)10-9(3,4)6-13/h12-13H,5-6H2,1-4H3,(H,10,11). The third-order valence-electron chi connectivity index (χ3n) is 1.86. The molecule has 0 aliphatic heterocycles. The van der Waals surface area contributed by atoms with Gasteiger partial charge in [0, 0.05) is 17.0 Å². The van der Waals surface area contributed by atoms with Gasteiger partial charge < -0.3 is 5.32 Å². The van der Waals surface area contributed by atoms with Crippen molar-refractivity contribution in [3.05, 3.63) is 0 Å². The average molecular weight is 221 g/mol. The molecule has 1 N–H and O–H groups in total. The van der Waals surface area contributed by atoms with Crippen LogP contribution in [0.5, 0.6) is 0 Å². The van der Waals surface area contributed by atoms with Crippen LogP contribution in [0.4, 0.5) is 0 Å². The molecule has 0 radical (unpaired) electrons. The lowest BCUT2D eigenvalue weighted by Crippen LogP contribution is -2.50. The van der Waals surface area contributed by atoms with Gasteiger partial charge in [-0.05, 0) is 13.8 Å². The van der Waals surface area contributed by atoms with Crippen molar-refractivity contribution in [2.45, 2.75) is 33.2 Å². The Morgan fingerprint density at radius 2 is 1.62 bits per heavy atom. The lowest BCUT2D eigenvalue weighted by molar-refractivity contribution is -0.129. The first kappa shape index (κ1) is 13.2. The zero-order valence-electron chi connectivity index (χ0n) is 8.72. The second-order valence-corrected chi connectivity index (χ2v) is 5.17. The Kier molecular flexibility index (Phi) is 4.66. The third-order valence-corrected chi connectivity index (χ3v) is 3.44. The molecule has 0 saturated carbocycles. The Labute approximate surface area is 91.7 Å². The predicted octanol–water partition coefficient (Wildman–Crippen LogP) is 1.77. The molecule has 0 aliphatic rings. The van der Waals surface area contributed by atoms with E-state index in [1.807, 2.05) is 27.7 Å². The summed E-state index contributed by atoms with van der Waals surface area (Å²) >= 11 is 8.31. The minimum atomic E-state index is -0.413. The number of carbonyl (C=O) groups excluding carboxylic acids is 1. The van der Waals surface area contributed by atoms with Gasteiger partial charge in [0.2, 0.25) is 5.91 Å². The van der Waals surface area contributed by atoms with Crippen LogP contribution in [0.15, 0.2) is 0 Å². The predicted molar refractivity (Wildman–Crippen MR) is 63.7 cm³/mol. The number of nitrogens with one attached hydrogen (secondary N) is 1. The number of hydrogen-bond acceptors (Lipinski definition) is 3. The Morgan fingerprint density at radius 3 is 1.92 bits per heavy atom. The number of thiol groups is 2. The molecule has 1 amide bonds. The molecule has 4 heteroatoms. The van der Waals surface area contributed by atoms with Crippen molar-refractivity contribution in [3.8, 4) is 0 Å². The van der Waals surface area contributed by atoms with Gasteiger partial charge >= 0.3 is 0 Å². The Morgan fingerprint density at radius 1 is 1.15 bits per heavy atom. The van der Waals surface area contributed by atoms with Gasteiger partial charge in [-0.2, -0.15) is 25.3 Å². The van der Waals surface area contributed by atoms with Gasteiger partial charge in [0.1, 0.15) is 0 Å². The van der Waals surface area contributed by atoms with Crippen LogP contribution in [-0.2, 0) is 4.79 Å². The normalized spacial score (nSPS) is 12.8. The van der Waals surface area contributed by atoms with E-state index < -0.39 is 5.41 Å². The Balaban J connectivity index is 4.31. The maximum Gasteiger partial charge on any atom is 0.226 e. The summed E-state index contributed by atoms with van der Waals surface area (Å²) in [4.78, 5) is 11.7. The van der Waals surface area contributed by atoms with Gasteiger partial charge in [-0.25, -0.2) is 0 Å². The lowest BCUT2D eigenvalue weighted by Gasteiger charge is -2.30. The van der Waals surface area contributed by atoms with Crippen molar-refractivity contribution < 1.29 is 4.79 Å². The molecule has 0 saturated heterocycles. The highest BCUT2D eigenvalue weighted by Crippen LogP contribution is 2.18. The summed E-state index contributed by atoms with van der Waals surface area (Å²) in [6.45, 7) is 7.66. The minimum absolute atomic E-state index is 0.0292. The van der Waals surface area contributed by atoms with Gasteiger partial charge in [0.05, 0.1) is 5.41 Å². The summed E-state index contributed by atoms with van der Waals surface area (Å²) in [5.74, 6) is 1.20. The second kappa shape index (κ2) is 4.60.